The SMILES string of the molecule is CCNC(=NCCCOCC1CCOC1)NCCc1ccc(F)cc1Cl.I. The maximum absolute atomic E-state index is 13.1. The second kappa shape index (κ2) is 14.4. The first kappa shape index (κ1) is 24.4. The van der Waals surface area contributed by atoms with Crippen LogP contribution in [0.15, 0.2) is 23.2 Å². The van der Waals surface area contributed by atoms with E-state index in [2.05, 4.69) is 15.6 Å². The van der Waals surface area contributed by atoms with Crippen molar-refractivity contribution in [2.75, 3.05) is 46.1 Å². The van der Waals surface area contributed by atoms with Crippen LogP contribution < -0.4 is 10.6 Å². The summed E-state index contributed by atoms with van der Waals surface area (Å²) in [5.74, 6) is 1.01. The summed E-state index contributed by atoms with van der Waals surface area (Å²) in [7, 11) is 0. The molecule has 1 aliphatic rings. The number of benzene rings is 1. The van der Waals surface area contributed by atoms with Crippen molar-refractivity contribution in [1.82, 2.24) is 10.6 Å². The highest BCUT2D eigenvalue weighted by Gasteiger charge is 2.15. The fraction of sp³-hybridized carbons (Fsp3) is 0.632. The van der Waals surface area contributed by atoms with E-state index in [1.807, 2.05) is 6.92 Å². The van der Waals surface area contributed by atoms with Crippen molar-refractivity contribution in [2.45, 2.75) is 26.2 Å². The Morgan fingerprint density at radius 1 is 1.41 bits per heavy atom. The van der Waals surface area contributed by atoms with Crippen LogP contribution in [0.4, 0.5) is 4.39 Å². The molecule has 1 aromatic rings. The van der Waals surface area contributed by atoms with Gasteiger partial charge in [-0.1, -0.05) is 17.7 Å². The molecule has 1 unspecified atom stereocenters. The van der Waals surface area contributed by atoms with Gasteiger partial charge in [0.1, 0.15) is 5.82 Å². The standard InChI is InChI=1S/C19H29ClFN3O2.HI/c1-2-22-19(23-8-3-10-25-13-15-7-11-26-14-15)24-9-6-16-4-5-17(21)12-18(16)20;/h4-5,12,15H,2-3,6-11,13-14H2,1H3,(H2,22,23,24);1H. The number of nitrogens with zero attached hydrogens (tertiary/aromatic N) is 1. The number of halogens is 3. The van der Waals surface area contributed by atoms with Crippen LogP contribution in [0, 0.1) is 11.7 Å². The maximum atomic E-state index is 13.1. The highest BCUT2D eigenvalue weighted by atomic mass is 127. The number of ether oxygens (including phenoxy) is 2. The van der Waals surface area contributed by atoms with Gasteiger partial charge < -0.3 is 20.1 Å². The molecule has 8 heteroatoms. The minimum absolute atomic E-state index is 0. The van der Waals surface area contributed by atoms with Gasteiger partial charge >= 0.3 is 0 Å². The predicted molar refractivity (Wildman–Crippen MR) is 119 cm³/mol. The topological polar surface area (TPSA) is 54.9 Å². The smallest absolute Gasteiger partial charge is 0.191 e. The van der Waals surface area contributed by atoms with Crippen molar-refractivity contribution in [1.29, 1.82) is 0 Å². The molecule has 0 amide bonds. The molecular formula is C19H30ClFIN3O2. The number of guanidine groups is 1. The molecule has 0 saturated carbocycles. The quantitative estimate of drug-likeness (QED) is 0.217. The van der Waals surface area contributed by atoms with Crippen molar-refractivity contribution in [3.63, 3.8) is 0 Å². The number of hydrogen-bond acceptors (Lipinski definition) is 3. The van der Waals surface area contributed by atoms with Crippen molar-refractivity contribution in [3.05, 3.63) is 34.6 Å². The monoisotopic (exact) mass is 513 g/mol. The predicted octanol–water partition coefficient (Wildman–Crippen LogP) is 3.64. The third kappa shape index (κ3) is 9.91. The molecule has 154 valence electrons. The van der Waals surface area contributed by atoms with Crippen molar-refractivity contribution in [3.8, 4) is 0 Å². The number of hydrogen-bond donors (Lipinski definition) is 2. The normalized spacial score (nSPS) is 16.9. The average molecular weight is 514 g/mol. The first-order valence-electron chi connectivity index (χ1n) is 9.30. The van der Waals surface area contributed by atoms with Gasteiger partial charge in [-0.3, -0.25) is 4.99 Å². The summed E-state index contributed by atoms with van der Waals surface area (Å²) in [5.41, 5.74) is 0.917. The highest BCUT2D eigenvalue weighted by molar-refractivity contribution is 14.0. The molecule has 0 radical (unpaired) electrons. The van der Waals surface area contributed by atoms with Gasteiger partial charge in [-0.25, -0.2) is 4.39 Å². The Morgan fingerprint density at radius 2 is 2.26 bits per heavy atom. The van der Waals surface area contributed by atoms with E-state index < -0.39 is 0 Å². The van der Waals surface area contributed by atoms with E-state index >= 15 is 0 Å². The third-order valence-electron chi connectivity index (χ3n) is 4.14. The number of nitrogens with one attached hydrogen (secondary N) is 2. The fourth-order valence-electron chi connectivity index (χ4n) is 2.70. The first-order chi connectivity index (χ1) is 12.7. The van der Waals surface area contributed by atoms with Gasteiger partial charge in [0.2, 0.25) is 0 Å². The van der Waals surface area contributed by atoms with E-state index in [0.29, 0.717) is 37.1 Å². The minimum Gasteiger partial charge on any atom is -0.381 e. The van der Waals surface area contributed by atoms with Crippen LogP contribution in [0.5, 0.6) is 0 Å². The summed E-state index contributed by atoms with van der Waals surface area (Å²) in [4.78, 5) is 4.55. The van der Waals surface area contributed by atoms with Crippen LogP contribution in [-0.2, 0) is 15.9 Å². The average Bonchev–Trinajstić information content (AvgIpc) is 3.13. The zero-order valence-electron chi connectivity index (χ0n) is 15.8. The lowest BCUT2D eigenvalue weighted by atomic mass is 10.1. The van der Waals surface area contributed by atoms with Gasteiger partial charge in [0, 0.05) is 43.8 Å². The first-order valence-corrected chi connectivity index (χ1v) is 9.68. The minimum atomic E-state index is -0.315. The van der Waals surface area contributed by atoms with Crippen molar-refractivity contribution in [2.24, 2.45) is 10.9 Å². The number of rotatable bonds is 10. The summed E-state index contributed by atoms with van der Waals surface area (Å²) in [5, 5.41) is 6.95. The molecule has 1 aliphatic heterocycles. The van der Waals surface area contributed by atoms with Gasteiger partial charge in [-0.05, 0) is 43.9 Å². The molecule has 0 aliphatic carbocycles. The van der Waals surface area contributed by atoms with Crippen LogP contribution in [0.3, 0.4) is 0 Å². The van der Waals surface area contributed by atoms with E-state index in [-0.39, 0.29) is 29.8 Å². The zero-order valence-corrected chi connectivity index (χ0v) is 18.9. The van der Waals surface area contributed by atoms with Gasteiger partial charge in [-0.2, -0.15) is 0 Å². The molecule has 1 fully saturated rings. The molecule has 0 spiro atoms. The lowest BCUT2D eigenvalue weighted by Gasteiger charge is -2.12. The maximum Gasteiger partial charge on any atom is 0.191 e. The van der Waals surface area contributed by atoms with E-state index in [0.717, 1.165) is 50.7 Å². The van der Waals surface area contributed by atoms with Crippen LogP contribution >= 0.6 is 35.6 Å². The Hall–Kier alpha value is -0.640. The molecule has 1 aromatic carbocycles. The number of aliphatic imine (C=N–C) groups is 1. The van der Waals surface area contributed by atoms with E-state index in [9.17, 15) is 4.39 Å². The Bertz CT molecular complexity index is 572. The molecule has 1 heterocycles. The second-order valence-electron chi connectivity index (χ2n) is 6.33. The lowest BCUT2D eigenvalue weighted by Crippen LogP contribution is -2.38. The Labute approximate surface area is 183 Å². The zero-order chi connectivity index (χ0) is 18.6. The summed E-state index contributed by atoms with van der Waals surface area (Å²) in [6.45, 7) is 7.38. The molecule has 0 bridgehead atoms. The van der Waals surface area contributed by atoms with Crippen LogP contribution in [0.1, 0.15) is 25.3 Å². The van der Waals surface area contributed by atoms with E-state index in [1.54, 1.807) is 6.07 Å². The van der Waals surface area contributed by atoms with E-state index in [4.69, 9.17) is 21.1 Å². The molecule has 1 saturated heterocycles. The Morgan fingerprint density at radius 3 is 2.96 bits per heavy atom. The van der Waals surface area contributed by atoms with Gasteiger partial charge in [0.05, 0.1) is 13.2 Å². The Kier molecular flexibility index (Phi) is 13.0. The van der Waals surface area contributed by atoms with Gasteiger partial charge in [0.25, 0.3) is 0 Å². The van der Waals surface area contributed by atoms with Crippen LogP contribution in [-0.4, -0.2) is 52.0 Å². The van der Waals surface area contributed by atoms with Gasteiger partial charge in [0.15, 0.2) is 5.96 Å². The van der Waals surface area contributed by atoms with Crippen LogP contribution in [0.2, 0.25) is 5.02 Å². The molecular weight excluding hydrogens is 484 g/mol. The van der Waals surface area contributed by atoms with Crippen LogP contribution in [0.25, 0.3) is 0 Å². The highest BCUT2D eigenvalue weighted by Crippen LogP contribution is 2.17. The molecule has 2 rings (SSSR count). The molecule has 1 atom stereocenters. The summed E-state index contributed by atoms with van der Waals surface area (Å²) >= 11 is 6.05. The molecule has 27 heavy (non-hydrogen) atoms. The summed E-state index contributed by atoms with van der Waals surface area (Å²) in [6, 6.07) is 4.49. The lowest BCUT2D eigenvalue weighted by molar-refractivity contribution is 0.0893. The van der Waals surface area contributed by atoms with Crippen molar-refractivity contribution < 1.29 is 13.9 Å². The summed E-state index contributed by atoms with van der Waals surface area (Å²) < 4.78 is 24.1. The second-order valence-corrected chi connectivity index (χ2v) is 6.74. The molecule has 0 aromatic heterocycles. The Balaban J connectivity index is 0.00000364. The largest absolute Gasteiger partial charge is 0.381 e. The van der Waals surface area contributed by atoms with E-state index in [1.165, 1.54) is 12.1 Å². The molecule has 2 N–H and O–H groups in total. The fourth-order valence-corrected chi connectivity index (χ4v) is 2.97. The molecule has 5 nitrogen and oxygen atoms in total. The van der Waals surface area contributed by atoms with Crippen molar-refractivity contribution >= 4 is 41.5 Å². The van der Waals surface area contributed by atoms with Gasteiger partial charge in [-0.15, -0.1) is 24.0 Å². The third-order valence-corrected chi connectivity index (χ3v) is 4.49. The summed E-state index contributed by atoms with van der Waals surface area (Å²) in [6.07, 6.45) is 2.69.